The molecular weight excluding hydrogens is 423 g/mol. The number of aromatic nitrogens is 2. The van der Waals surface area contributed by atoms with E-state index in [0.29, 0.717) is 41.7 Å². The Balaban J connectivity index is 1.63. The van der Waals surface area contributed by atoms with Crippen molar-refractivity contribution in [1.29, 1.82) is 5.26 Å². The number of benzene rings is 2. The highest BCUT2D eigenvalue weighted by atomic mass is 19.1. The van der Waals surface area contributed by atoms with E-state index in [2.05, 4.69) is 25.9 Å². The predicted octanol–water partition coefficient (Wildman–Crippen LogP) is 3.10. The molecule has 1 aromatic heterocycles. The molecule has 3 N–H and O–H groups in total. The van der Waals surface area contributed by atoms with Crippen molar-refractivity contribution >= 4 is 17.5 Å². The van der Waals surface area contributed by atoms with E-state index in [4.69, 9.17) is 10.00 Å². The second-order valence-corrected chi connectivity index (χ2v) is 7.60. The molecule has 2 aromatic carbocycles. The fraction of sp³-hybridized carbons (Fsp3) is 0.250. The summed E-state index contributed by atoms with van der Waals surface area (Å²) in [6.07, 6.45) is -0.519. The standard InChI is InChI=1S/C24H23FN6O2/c1-14-9-17(29-23(32)22-13-28-7-8-33-22)5-6-18(14)21-11-20(30-24(27-2)31-21)15-3-4-16(12-26)19(25)10-15/h3-6,9-11,22,28H,7-8,13H2,1-2H3,(H,29,32)(H,27,30,31)/t22-/m0/s1. The molecule has 168 valence electrons. The number of nitrogens with one attached hydrogen (secondary N) is 3. The molecule has 1 atom stereocenters. The van der Waals surface area contributed by atoms with Crippen LogP contribution in [0.3, 0.4) is 0 Å². The second kappa shape index (κ2) is 9.73. The number of nitriles is 1. The van der Waals surface area contributed by atoms with Gasteiger partial charge in [-0.2, -0.15) is 5.26 Å². The monoisotopic (exact) mass is 446 g/mol. The number of amides is 1. The van der Waals surface area contributed by atoms with E-state index < -0.39 is 11.9 Å². The lowest BCUT2D eigenvalue weighted by Gasteiger charge is -2.22. The summed E-state index contributed by atoms with van der Waals surface area (Å²) in [5.41, 5.74) is 4.08. The van der Waals surface area contributed by atoms with Crippen molar-refractivity contribution in [3.8, 4) is 28.6 Å². The van der Waals surface area contributed by atoms with E-state index in [0.717, 1.165) is 17.7 Å². The highest BCUT2D eigenvalue weighted by Crippen LogP contribution is 2.29. The summed E-state index contributed by atoms with van der Waals surface area (Å²) in [5.74, 6) is -0.417. The number of carbonyl (C=O) groups is 1. The zero-order valence-electron chi connectivity index (χ0n) is 18.3. The first-order valence-corrected chi connectivity index (χ1v) is 10.5. The average molecular weight is 446 g/mol. The summed E-state index contributed by atoms with van der Waals surface area (Å²) < 4.78 is 19.7. The summed E-state index contributed by atoms with van der Waals surface area (Å²) in [6, 6.07) is 13.5. The Morgan fingerprint density at radius 3 is 2.70 bits per heavy atom. The normalized spacial score (nSPS) is 15.5. The number of rotatable bonds is 5. The van der Waals surface area contributed by atoms with Gasteiger partial charge in [-0.3, -0.25) is 4.79 Å². The van der Waals surface area contributed by atoms with E-state index in [-0.39, 0.29) is 11.5 Å². The first-order valence-electron chi connectivity index (χ1n) is 10.5. The highest BCUT2D eigenvalue weighted by molar-refractivity contribution is 5.94. The molecule has 1 aliphatic rings. The Morgan fingerprint density at radius 1 is 1.21 bits per heavy atom. The lowest BCUT2D eigenvalue weighted by molar-refractivity contribution is -0.128. The Kier molecular flexibility index (Phi) is 6.58. The van der Waals surface area contributed by atoms with Crippen LogP contribution in [-0.2, 0) is 9.53 Å². The number of hydrogen-bond donors (Lipinski definition) is 3. The SMILES string of the molecule is CNc1nc(-c2ccc(C#N)c(F)c2)cc(-c2ccc(NC(=O)[C@@H]3CNCCO3)cc2C)n1. The van der Waals surface area contributed by atoms with Gasteiger partial charge in [0.1, 0.15) is 18.0 Å². The van der Waals surface area contributed by atoms with Gasteiger partial charge < -0.3 is 20.7 Å². The molecular formula is C24H23FN6O2. The van der Waals surface area contributed by atoms with Gasteiger partial charge in [-0.05, 0) is 42.8 Å². The van der Waals surface area contributed by atoms with Crippen LogP contribution in [0.4, 0.5) is 16.0 Å². The minimum absolute atomic E-state index is 0.0234. The number of hydrogen-bond acceptors (Lipinski definition) is 7. The summed E-state index contributed by atoms with van der Waals surface area (Å²) in [6.45, 7) is 3.65. The van der Waals surface area contributed by atoms with Gasteiger partial charge in [0.15, 0.2) is 0 Å². The van der Waals surface area contributed by atoms with Crippen molar-refractivity contribution in [2.45, 2.75) is 13.0 Å². The molecule has 0 saturated carbocycles. The summed E-state index contributed by atoms with van der Waals surface area (Å²) in [5, 5.41) is 17.9. The first kappa shape index (κ1) is 22.3. The fourth-order valence-electron chi connectivity index (χ4n) is 3.60. The molecule has 2 heterocycles. The topological polar surface area (TPSA) is 112 Å². The Morgan fingerprint density at radius 2 is 2.03 bits per heavy atom. The number of ether oxygens (including phenoxy) is 1. The highest BCUT2D eigenvalue weighted by Gasteiger charge is 2.22. The predicted molar refractivity (Wildman–Crippen MR) is 123 cm³/mol. The van der Waals surface area contributed by atoms with Gasteiger partial charge in [-0.25, -0.2) is 14.4 Å². The van der Waals surface area contributed by atoms with Crippen LogP contribution < -0.4 is 16.0 Å². The Bertz CT molecular complexity index is 1230. The van der Waals surface area contributed by atoms with Gasteiger partial charge in [-0.15, -0.1) is 0 Å². The largest absolute Gasteiger partial charge is 0.366 e. The molecule has 3 aromatic rings. The summed E-state index contributed by atoms with van der Waals surface area (Å²) >= 11 is 0. The van der Waals surface area contributed by atoms with Gasteiger partial charge in [0.2, 0.25) is 5.95 Å². The van der Waals surface area contributed by atoms with E-state index in [9.17, 15) is 9.18 Å². The molecule has 1 fully saturated rings. The first-order chi connectivity index (χ1) is 16.0. The molecule has 1 amide bonds. The van der Waals surface area contributed by atoms with Crippen molar-refractivity contribution in [3.05, 3.63) is 59.4 Å². The van der Waals surface area contributed by atoms with Crippen molar-refractivity contribution in [3.63, 3.8) is 0 Å². The van der Waals surface area contributed by atoms with Gasteiger partial charge in [0.05, 0.1) is 23.6 Å². The van der Waals surface area contributed by atoms with Gasteiger partial charge >= 0.3 is 0 Å². The average Bonchev–Trinajstić information content (AvgIpc) is 2.84. The van der Waals surface area contributed by atoms with Crippen molar-refractivity contribution in [2.24, 2.45) is 0 Å². The molecule has 33 heavy (non-hydrogen) atoms. The van der Waals surface area contributed by atoms with E-state index in [1.807, 2.05) is 25.1 Å². The number of halogens is 1. The lowest BCUT2D eigenvalue weighted by atomic mass is 10.0. The molecule has 1 saturated heterocycles. The number of carbonyl (C=O) groups excluding carboxylic acids is 1. The van der Waals surface area contributed by atoms with Crippen LogP contribution in [0, 0.1) is 24.1 Å². The quantitative estimate of drug-likeness (QED) is 0.552. The zero-order valence-corrected chi connectivity index (χ0v) is 18.3. The maximum atomic E-state index is 14.2. The second-order valence-electron chi connectivity index (χ2n) is 7.60. The number of aryl methyl sites for hydroxylation is 1. The molecule has 1 aliphatic heterocycles. The van der Waals surface area contributed by atoms with Crippen LogP contribution >= 0.6 is 0 Å². The molecule has 4 rings (SSSR count). The Labute approximate surface area is 190 Å². The van der Waals surface area contributed by atoms with E-state index in [1.54, 1.807) is 25.2 Å². The summed E-state index contributed by atoms with van der Waals surface area (Å²) in [7, 11) is 1.70. The molecule has 0 bridgehead atoms. The summed E-state index contributed by atoms with van der Waals surface area (Å²) in [4.78, 5) is 21.4. The van der Waals surface area contributed by atoms with Crippen molar-refractivity contribution < 1.29 is 13.9 Å². The smallest absolute Gasteiger partial charge is 0.254 e. The van der Waals surface area contributed by atoms with Gasteiger partial charge in [0.25, 0.3) is 5.91 Å². The van der Waals surface area contributed by atoms with E-state index >= 15 is 0 Å². The van der Waals surface area contributed by atoms with Crippen LogP contribution in [-0.4, -0.2) is 48.7 Å². The molecule has 0 radical (unpaired) electrons. The molecule has 8 nitrogen and oxygen atoms in total. The van der Waals surface area contributed by atoms with Crippen molar-refractivity contribution in [1.82, 2.24) is 15.3 Å². The third-order valence-electron chi connectivity index (χ3n) is 5.32. The van der Waals surface area contributed by atoms with Gasteiger partial charge in [-0.1, -0.05) is 12.1 Å². The van der Waals surface area contributed by atoms with E-state index in [1.165, 1.54) is 12.1 Å². The fourth-order valence-corrected chi connectivity index (χ4v) is 3.60. The van der Waals surface area contributed by atoms with Crippen molar-refractivity contribution in [2.75, 3.05) is 37.4 Å². The minimum atomic E-state index is -0.602. The van der Waals surface area contributed by atoms with Crippen LogP contribution in [0.15, 0.2) is 42.5 Å². The van der Waals surface area contributed by atoms with Crippen LogP contribution in [0.1, 0.15) is 11.1 Å². The molecule has 9 heteroatoms. The zero-order chi connectivity index (χ0) is 23.4. The minimum Gasteiger partial charge on any atom is -0.366 e. The Hall–Kier alpha value is -3.87. The lowest BCUT2D eigenvalue weighted by Crippen LogP contribution is -2.45. The third-order valence-corrected chi connectivity index (χ3v) is 5.32. The molecule has 0 spiro atoms. The number of morpholine rings is 1. The molecule has 0 aliphatic carbocycles. The number of nitrogens with zero attached hydrogens (tertiary/aromatic N) is 3. The molecule has 0 unspecified atom stereocenters. The third kappa shape index (κ3) is 4.98. The van der Waals surface area contributed by atoms with Crippen LogP contribution in [0.5, 0.6) is 0 Å². The number of anilines is 2. The maximum absolute atomic E-state index is 14.2. The van der Waals surface area contributed by atoms with Crippen LogP contribution in [0.2, 0.25) is 0 Å². The van der Waals surface area contributed by atoms with Crippen LogP contribution in [0.25, 0.3) is 22.5 Å². The van der Waals surface area contributed by atoms with Gasteiger partial charge in [0, 0.05) is 37.0 Å². The maximum Gasteiger partial charge on any atom is 0.254 e.